The number of pyridine rings is 1. The summed E-state index contributed by atoms with van der Waals surface area (Å²) < 4.78 is 27.7. The van der Waals surface area contributed by atoms with E-state index in [1.165, 1.54) is 4.31 Å². The highest BCUT2D eigenvalue weighted by Gasteiger charge is 2.28. The first-order chi connectivity index (χ1) is 13.6. The largest absolute Gasteiger partial charge is 0.321 e. The Bertz CT molecular complexity index is 1120. The number of fused-ring (bicyclic) bond motifs is 1. The van der Waals surface area contributed by atoms with Gasteiger partial charge in [0, 0.05) is 24.7 Å². The Kier molecular flexibility index (Phi) is 5.11. The molecule has 0 bridgehead atoms. The van der Waals surface area contributed by atoms with Crippen molar-refractivity contribution in [1.29, 1.82) is 0 Å². The fraction of sp³-hybridized carbons (Fsp3) is 0.238. The number of para-hydroxylation sites is 2. The molecular weight excluding hydrogens is 374 g/mol. The Balaban J connectivity index is 1.68. The van der Waals surface area contributed by atoms with E-state index in [0.29, 0.717) is 29.9 Å². The van der Waals surface area contributed by atoms with Crippen LogP contribution in [0, 0.1) is 0 Å². The van der Waals surface area contributed by atoms with Crippen molar-refractivity contribution in [3.05, 3.63) is 66.4 Å². The lowest BCUT2D eigenvalue weighted by atomic mass is 10.1. The maximum absolute atomic E-state index is 13.1. The Morgan fingerprint density at radius 2 is 1.64 bits per heavy atom. The maximum Gasteiger partial charge on any atom is 0.256 e. The SMILES string of the molecule is O=C(Nc1ccccc1S(=O)(=O)N1CCCCC1)c1ccnc2ccccc12. The van der Waals surface area contributed by atoms with E-state index in [1.807, 2.05) is 24.3 Å². The van der Waals surface area contributed by atoms with Crippen molar-refractivity contribution in [3.63, 3.8) is 0 Å². The van der Waals surface area contributed by atoms with Crippen LogP contribution in [-0.4, -0.2) is 36.7 Å². The number of anilines is 1. The molecule has 0 aliphatic carbocycles. The standard InChI is InChI=1S/C21H21N3O3S/c25-21(17-12-13-22-18-9-3-2-8-16(17)18)23-19-10-4-5-11-20(19)28(26,27)24-14-6-1-7-15-24/h2-5,8-13H,1,6-7,14-15H2,(H,23,25). The Labute approximate surface area is 164 Å². The Morgan fingerprint density at radius 3 is 2.46 bits per heavy atom. The molecule has 144 valence electrons. The minimum absolute atomic E-state index is 0.128. The van der Waals surface area contributed by atoms with Crippen molar-refractivity contribution in [2.75, 3.05) is 18.4 Å². The van der Waals surface area contributed by atoms with Gasteiger partial charge in [0.15, 0.2) is 0 Å². The molecule has 4 rings (SSSR count). The molecule has 3 aromatic rings. The molecule has 7 heteroatoms. The van der Waals surface area contributed by atoms with Crippen molar-refractivity contribution < 1.29 is 13.2 Å². The van der Waals surface area contributed by atoms with Crippen molar-refractivity contribution in [2.24, 2.45) is 0 Å². The van der Waals surface area contributed by atoms with Gasteiger partial charge in [-0.05, 0) is 37.1 Å². The molecular formula is C21H21N3O3S. The quantitative estimate of drug-likeness (QED) is 0.731. The molecule has 0 unspecified atom stereocenters. The molecule has 1 saturated heterocycles. The number of hydrogen-bond donors (Lipinski definition) is 1. The van der Waals surface area contributed by atoms with Gasteiger partial charge < -0.3 is 5.32 Å². The third-order valence-corrected chi connectivity index (χ3v) is 6.92. The summed E-state index contributed by atoms with van der Waals surface area (Å²) in [5.74, 6) is -0.361. The lowest BCUT2D eigenvalue weighted by molar-refractivity contribution is 0.102. The number of carbonyl (C=O) groups excluding carboxylic acids is 1. The average molecular weight is 395 g/mol. The second-order valence-electron chi connectivity index (χ2n) is 6.79. The molecule has 1 aliphatic rings. The van der Waals surface area contributed by atoms with E-state index in [9.17, 15) is 13.2 Å². The molecule has 1 fully saturated rings. The summed E-state index contributed by atoms with van der Waals surface area (Å²) >= 11 is 0. The average Bonchev–Trinajstić information content (AvgIpc) is 2.74. The van der Waals surface area contributed by atoms with Gasteiger partial charge in [-0.2, -0.15) is 4.31 Å². The molecule has 2 aromatic carbocycles. The first-order valence-electron chi connectivity index (χ1n) is 9.32. The second-order valence-corrected chi connectivity index (χ2v) is 8.70. The van der Waals surface area contributed by atoms with Crippen LogP contribution in [-0.2, 0) is 10.0 Å². The van der Waals surface area contributed by atoms with Gasteiger partial charge in [-0.3, -0.25) is 9.78 Å². The van der Waals surface area contributed by atoms with Crippen LogP contribution in [0.5, 0.6) is 0 Å². The smallest absolute Gasteiger partial charge is 0.256 e. The fourth-order valence-corrected chi connectivity index (χ4v) is 5.19. The van der Waals surface area contributed by atoms with E-state index in [1.54, 1.807) is 36.5 Å². The van der Waals surface area contributed by atoms with Crippen molar-refractivity contribution >= 4 is 32.5 Å². The van der Waals surface area contributed by atoms with Crippen LogP contribution in [0.2, 0.25) is 0 Å². The van der Waals surface area contributed by atoms with Gasteiger partial charge >= 0.3 is 0 Å². The Hall–Kier alpha value is -2.77. The maximum atomic E-state index is 13.1. The van der Waals surface area contributed by atoms with E-state index < -0.39 is 10.0 Å². The molecule has 6 nitrogen and oxygen atoms in total. The number of hydrogen-bond acceptors (Lipinski definition) is 4. The summed E-state index contributed by atoms with van der Waals surface area (Å²) in [6.07, 6.45) is 4.33. The van der Waals surface area contributed by atoms with Crippen LogP contribution in [0.25, 0.3) is 10.9 Å². The minimum Gasteiger partial charge on any atom is -0.321 e. The zero-order valence-electron chi connectivity index (χ0n) is 15.3. The fourth-order valence-electron chi connectivity index (χ4n) is 3.52. The number of nitrogens with one attached hydrogen (secondary N) is 1. The van der Waals surface area contributed by atoms with Gasteiger partial charge in [0.2, 0.25) is 10.0 Å². The first-order valence-corrected chi connectivity index (χ1v) is 10.8. The first kappa shape index (κ1) is 18.6. The summed E-state index contributed by atoms with van der Waals surface area (Å²) in [6.45, 7) is 1.03. The molecule has 0 saturated carbocycles. The summed E-state index contributed by atoms with van der Waals surface area (Å²) in [7, 11) is -3.66. The predicted molar refractivity (Wildman–Crippen MR) is 109 cm³/mol. The van der Waals surface area contributed by atoms with E-state index in [0.717, 1.165) is 24.6 Å². The summed E-state index contributed by atoms with van der Waals surface area (Å²) in [6, 6.07) is 15.6. The molecule has 1 aromatic heterocycles. The molecule has 1 aliphatic heterocycles. The normalized spacial score (nSPS) is 15.4. The van der Waals surface area contributed by atoms with E-state index in [-0.39, 0.29) is 10.8 Å². The molecule has 2 heterocycles. The third kappa shape index (κ3) is 3.50. The lowest BCUT2D eigenvalue weighted by Gasteiger charge is -2.26. The van der Waals surface area contributed by atoms with Gasteiger partial charge in [-0.1, -0.05) is 36.8 Å². The molecule has 0 atom stereocenters. The van der Waals surface area contributed by atoms with Crippen LogP contribution in [0.1, 0.15) is 29.6 Å². The van der Waals surface area contributed by atoms with Crippen LogP contribution in [0.15, 0.2) is 65.7 Å². The molecule has 0 radical (unpaired) electrons. The number of piperidine rings is 1. The predicted octanol–water partition coefficient (Wildman–Crippen LogP) is 3.66. The number of aromatic nitrogens is 1. The number of amides is 1. The van der Waals surface area contributed by atoms with Gasteiger partial charge in [0.05, 0.1) is 16.8 Å². The highest BCUT2D eigenvalue weighted by atomic mass is 32.2. The summed E-state index contributed by atoms with van der Waals surface area (Å²) in [5.41, 5.74) is 1.46. The minimum atomic E-state index is -3.66. The third-order valence-electron chi connectivity index (χ3n) is 4.96. The lowest BCUT2D eigenvalue weighted by Crippen LogP contribution is -2.36. The molecule has 1 N–H and O–H groups in total. The molecule has 28 heavy (non-hydrogen) atoms. The van der Waals surface area contributed by atoms with Gasteiger partial charge in [0.1, 0.15) is 4.90 Å². The van der Waals surface area contributed by atoms with E-state index in [4.69, 9.17) is 0 Å². The zero-order chi connectivity index (χ0) is 19.6. The van der Waals surface area contributed by atoms with Crippen molar-refractivity contribution in [2.45, 2.75) is 24.2 Å². The zero-order valence-corrected chi connectivity index (χ0v) is 16.2. The second kappa shape index (κ2) is 7.69. The van der Waals surface area contributed by atoms with Gasteiger partial charge in [-0.15, -0.1) is 0 Å². The van der Waals surface area contributed by atoms with Crippen LogP contribution in [0.4, 0.5) is 5.69 Å². The molecule has 0 spiro atoms. The van der Waals surface area contributed by atoms with Crippen molar-refractivity contribution in [3.8, 4) is 0 Å². The number of rotatable bonds is 4. The van der Waals surface area contributed by atoms with E-state index >= 15 is 0 Å². The highest BCUT2D eigenvalue weighted by molar-refractivity contribution is 7.89. The topological polar surface area (TPSA) is 79.4 Å². The summed E-state index contributed by atoms with van der Waals surface area (Å²) in [4.78, 5) is 17.3. The van der Waals surface area contributed by atoms with Gasteiger partial charge in [0.25, 0.3) is 5.91 Å². The highest BCUT2D eigenvalue weighted by Crippen LogP contribution is 2.27. The van der Waals surface area contributed by atoms with Crippen LogP contribution >= 0.6 is 0 Å². The monoisotopic (exact) mass is 395 g/mol. The van der Waals surface area contributed by atoms with Gasteiger partial charge in [-0.25, -0.2) is 8.42 Å². The van der Waals surface area contributed by atoms with Crippen molar-refractivity contribution in [1.82, 2.24) is 9.29 Å². The number of benzene rings is 2. The summed E-state index contributed by atoms with van der Waals surface area (Å²) in [5, 5.41) is 3.51. The number of carbonyl (C=O) groups is 1. The Morgan fingerprint density at radius 1 is 0.929 bits per heavy atom. The molecule has 1 amide bonds. The number of sulfonamides is 1. The van der Waals surface area contributed by atoms with Crippen LogP contribution in [0.3, 0.4) is 0 Å². The van der Waals surface area contributed by atoms with E-state index in [2.05, 4.69) is 10.3 Å². The van der Waals surface area contributed by atoms with Crippen LogP contribution < -0.4 is 5.32 Å². The number of nitrogens with zero attached hydrogens (tertiary/aromatic N) is 2.